The van der Waals surface area contributed by atoms with Gasteiger partial charge in [0.1, 0.15) is 16.8 Å². The normalized spacial score (nSPS) is 16.9. The lowest BCUT2D eigenvalue weighted by atomic mass is 10.2. The Morgan fingerprint density at radius 1 is 1.44 bits per heavy atom. The second-order valence-electron chi connectivity index (χ2n) is 6.85. The van der Waals surface area contributed by atoms with Crippen LogP contribution >= 0.6 is 0 Å². The fourth-order valence-corrected chi connectivity index (χ4v) is 3.46. The van der Waals surface area contributed by atoms with E-state index in [0.29, 0.717) is 29.8 Å². The summed E-state index contributed by atoms with van der Waals surface area (Å²) < 4.78 is 8.46. The first-order chi connectivity index (χ1) is 13.0. The highest BCUT2D eigenvalue weighted by Gasteiger charge is 2.19. The highest BCUT2D eigenvalue weighted by molar-refractivity contribution is 5.96. The Morgan fingerprint density at radius 3 is 3.00 bits per heavy atom. The Bertz CT molecular complexity index is 1170. The number of hydrogen-bond donors (Lipinski definition) is 2. The molecule has 1 amide bonds. The molecule has 1 atom stereocenters. The van der Waals surface area contributed by atoms with E-state index < -0.39 is 0 Å². The van der Waals surface area contributed by atoms with Gasteiger partial charge in [-0.2, -0.15) is 0 Å². The van der Waals surface area contributed by atoms with Gasteiger partial charge in [-0.25, -0.2) is 4.98 Å². The summed E-state index contributed by atoms with van der Waals surface area (Å²) in [6.45, 7) is 2.99. The smallest absolute Gasteiger partial charge is 0.267 e. The maximum atomic E-state index is 12.9. The summed E-state index contributed by atoms with van der Waals surface area (Å²) in [5.41, 5.74) is 1.69. The molecule has 27 heavy (non-hydrogen) atoms. The van der Waals surface area contributed by atoms with Gasteiger partial charge in [0.15, 0.2) is 0 Å². The average Bonchev–Trinajstić information content (AvgIpc) is 3.18. The Labute approximate surface area is 154 Å². The molecule has 8 nitrogen and oxygen atoms in total. The van der Waals surface area contributed by atoms with Crippen molar-refractivity contribution in [2.45, 2.75) is 25.9 Å². The van der Waals surface area contributed by atoms with Crippen LogP contribution in [0.25, 0.3) is 16.7 Å². The predicted molar refractivity (Wildman–Crippen MR) is 99.8 cm³/mol. The van der Waals surface area contributed by atoms with Gasteiger partial charge >= 0.3 is 0 Å². The Kier molecular flexibility index (Phi) is 4.27. The molecule has 140 valence electrons. The first kappa shape index (κ1) is 17.4. The molecule has 2 N–H and O–H groups in total. The second-order valence-corrected chi connectivity index (χ2v) is 6.85. The van der Waals surface area contributed by atoms with Crippen molar-refractivity contribution in [3.63, 3.8) is 0 Å². The third kappa shape index (κ3) is 2.91. The number of amides is 1. The van der Waals surface area contributed by atoms with Crippen LogP contribution in [0, 0.1) is 12.3 Å². The van der Waals surface area contributed by atoms with Crippen LogP contribution in [-0.4, -0.2) is 39.1 Å². The Balaban J connectivity index is 1.83. The Morgan fingerprint density at radius 2 is 2.26 bits per heavy atom. The fourth-order valence-electron chi connectivity index (χ4n) is 3.46. The van der Waals surface area contributed by atoms with E-state index >= 15 is 0 Å². The van der Waals surface area contributed by atoms with Gasteiger partial charge in [-0.3, -0.25) is 19.4 Å². The van der Waals surface area contributed by atoms with Crippen molar-refractivity contribution in [3.05, 3.63) is 51.4 Å². The molecule has 0 aliphatic carbocycles. The van der Waals surface area contributed by atoms with E-state index in [-0.39, 0.29) is 28.6 Å². The van der Waals surface area contributed by atoms with Crippen molar-refractivity contribution in [2.75, 3.05) is 13.2 Å². The van der Waals surface area contributed by atoms with Gasteiger partial charge in [-0.15, -0.1) is 0 Å². The molecule has 3 aromatic heterocycles. The topological polar surface area (TPSA) is 101 Å². The maximum absolute atomic E-state index is 12.9. The molecule has 0 aromatic carbocycles. The molecule has 0 radical (unpaired) electrons. The van der Waals surface area contributed by atoms with Crippen LogP contribution in [-0.2, 0) is 11.8 Å². The zero-order valence-electron chi connectivity index (χ0n) is 15.3. The summed E-state index contributed by atoms with van der Waals surface area (Å²) in [5.74, 6) is -0.387. The van der Waals surface area contributed by atoms with E-state index in [1.807, 2.05) is 13.0 Å². The number of hydrogen-bond acceptors (Lipinski definition) is 5. The summed E-state index contributed by atoms with van der Waals surface area (Å²) in [5, 5.41) is 11.5. The van der Waals surface area contributed by atoms with E-state index in [1.54, 1.807) is 19.3 Å². The number of nitrogens with zero attached hydrogens (tertiary/aromatic N) is 3. The number of pyridine rings is 2. The van der Waals surface area contributed by atoms with E-state index in [2.05, 4.69) is 10.3 Å². The van der Waals surface area contributed by atoms with Crippen LogP contribution in [0.2, 0.25) is 0 Å². The predicted octanol–water partition coefficient (Wildman–Crippen LogP) is 0.883. The lowest BCUT2D eigenvalue weighted by Crippen LogP contribution is -2.37. The molecule has 3 aromatic rings. The number of rotatable bonds is 3. The second kappa shape index (κ2) is 6.62. The largest absolute Gasteiger partial charge is 0.376 e. The molecule has 1 saturated heterocycles. The quantitative estimate of drug-likeness (QED) is 0.671. The van der Waals surface area contributed by atoms with Gasteiger partial charge in [0, 0.05) is 26.4 Å². The van der Waals surface area contributed by atoms with Crippen molar-refractivity contribution in [1.29, 1.82) is 5.41 Å². The summed E-state index contributed by atoms with van der Waals surface area (Å²) in [4.78, 5) is 30.1. The third-order valence-corrected chi connectivity index (χ3v) is 5.02. The SMILES string of the molecule is Cc1cccn2c(=O)c3cc(C(=O)NC[C@H]4CCCO4)c(=N)n(C)c3nc12. The van der Waals surface area contributed by atoms with Crippen molar-refractivity contribution < 1.29 is 9.53 Å². The molecule has 1 fully saturated rings. The zero-order valence-corrected chi connectivity index (χ0v) is 15.3. The van der Waals surface area contributed by atoms with E-state index in [0.717, 1.165) is 18.4 Å². The van der Waals surface area contributed by atoms with E-state index in [1.165, 1.54) is 15.0 Å². The molecule has 4 heterocycles. The molecule has 0 unspecified atom stereocenters. The van der Waals surface area contributed by atoms with Gasteiger partial charge in [-0.1, -0.05) is 6.07 Å². The van der Waals surface area contributed by atoms with Crippen LogP contribution < -0.4 is 16.4 Å². The summed E-state index contributed by atoms with van der Waals surface area (Å²) in [6.07, 6.45) is 3.57. The summed E-state index contributed by atoms with van der Waals surface area (Å²) >= 11 is 0. The minimum atomic E-state index is -0.387. The number of nitrogens with one attached hydrogen (secondary N) is 2. The van der Waals surface area contributed by atoms with Gasteiger partial charge in [0.05, 0.1) is 17.1 Å². The number of aryl methyl sites for hydroxylation is 2. The minimum absolute atomic E-state index is 0.0107. The first-order valence-electron chi connectivity index (χ1n) is 8.93. The van der Waals surface area contributed by atoms with Crippen molar-refractivity contribution in [1.82, 2.24) is 19.3 Å². The molecular weight excluding hydrogens is 346 g/mol. The van der Waals surface area contributed by atoms with E-state index in [4.69, 9.17) is 10.1 Å². The van der Waals surface area contributed by atoms with Crippen LogP contribution in [0.3, 0.4) is 0 Å². The van der Waals surface area contributed by atoms with Crippen LogP contribution in [0.4, 0.5) is 0 Å². The van der Waals surface area contributed by atoms with Gasteiger partial charge in [0.25, 0.3) is 11.5 Å². The number of aromatic nitrogens is 3. The number of ether oxygens (including phenoxy) is 1. The molecular formula is C19H21N5O3. The molecule has 4 rings (SSSR count). The fraction of sp³-hybridized carbons (Fsp3) is 0.368. The maximum Gasteiger partial charge on any atom is 0.267 e. The highest BCUT2D eigenvalue weighted by Crippen LogP contribution is 2.13. The highest BCUT2D eigenvalue weighted by atomic mass is 16.5. The standard InChI is InChI=1S/C19H21N5O3/c1-11-5-3-7-24-16(11)22-17-14(19(24)26)9-13(15(20)23(17)2)18(25)21-10-12-6-4-8-27-12/h3,5,7,9,12,20H,4,6,8,10H2,1-2H3,(H,21,25)/t12-/m1/s1. The van der Waals surface area contributed by atoms with Crippen molar-refractivity contribution >= 4 is 22.6 Å². The lowest BCUT2D eigenvalue weighted by molar-refractivity contribution is 0.0856. The van der Waals surface area contributed by atoms with Crippen LogP contribution in [0.15, 0.2) is 29.2 Å². The summed E-state index contributed by atoms with van der Waals surface area (Å²) in [7, 11) is 1.64. The molecule has 0 bridgehead atoms. The van der Waals surface area contributed by atoms with Crippen LogP contribution in [0.5, 0.6) is 0 Å². The first-order valence-corrected chi connectivity index (χ1v) is 8.93. The zero-order chi connectivity index (χ0) is 19.1. The monoisotopic (exact) mass is 367 g/mol. The average molecular weight is 367 g/mol. The molecule has 1 aliphatic heterocycles. The molecule has 8 heteroatoms. The molecule has 0 saturated carbocycles. The summed E-state index contributed by atoms with van der Waals surface area (Å²) in [6, 6.07) is 5.13. The van der Waals surface area contributed by atoms with Crippen molar-refractivity contribution in [2.24, 2.45) is 7.05 Å². The lowest BCUT2D eigenvalue weighted by Gasteiger charge is -2.13. The minimum Gasteiger partial charge on any atom is -0.376 e. The van der Waals surface area contributed by atoms with Gasteiger partial charge in [-0.05, 0) is 37.5 Å². The molecule has 0 spiro atoms. The van der Waals surface area contributed by atoms with Crippen LogP contribution in [0.1, 0.15) is 28.8 Å². The Hall–Kier alpha value is -3.00. The number of fused-ring (bicyclic) bond motifs is 2. The third-order valence-electron chi connectivity index (χ3n) is 5.02. The van der Waals surface area contributed by atoms with E-state index in [9.17, 15) is 9.59 Å². The van der Waals surface area contributed by atoms with Crippen molar-refractivity contribution in [3.8, 4) is 0 Å². The number of carbonyl (C=O) groups excluding carboxylic acids is 1. The molecule has 1 aliphatic rings. The van der Waals surface area contributed by atoms with Gasteiger partial charge in [0.2, 0.25) is 0 Å². The number of carbonyl (C=O) groups is 1. The van der Waals surface area contributed by atoms with Gasteiger partial charge < -0.3 is 14.6 Å².